The number of nitrogens with zero attached hydrogens (tertiary/aromatic N) is 2. The lowest BCUT2D eigenvalue weighted by Gasteiger charge is -2.32. The first-order chi connectivity index (χ1) is 20.0. The summed E-state index contributed by atoms with van der Waals surface area (Å²) in [7, 11) is -5.51. The molecule has 240 valence electrons. The van der Waals surface area contributed by atoms with Crippen molar-refractivity contribution in [1.82, 2.24) is 24.6 Å². The first-order valence-electron chi connectivity index (χ1n) is 14.2. The van der Waals surface area contributed by atoms with Crippen molar-refractivity contribution in [3.05, 3.63) is 52.5 Å². The number of aliphatic hydroxyl groups is 1. The highest BCUT2D eigenvalue weighted by atomic mass is 32.2. The summed E-state index contributed by atoms with van der Waals surface area (Å²) < 4.78 is 54.1. The highest BCUT2D eigenvalue weighted by Gasteiger charge is 2.44. The van der Waals surface area contributed by atoms with E-state index >= 15 is 0 Å². The molecule has 12 nitrogen and oxygen atoms in total. The molecule has 1 heterocycles. The van der Waals surface area contributed by atoms with Crippen molar-refractivity contribution in [3.8, 4) is 0 Å². The van der Waals surface area contributed by atoms with Gasteiger partial charge in [0.05, 0.1) is 22.0 Å². The molecule has 15 heteroatoms. The SMILES string of the molecule is CN(C)S(=O)(=O)NC(O)C(CC1CCCCC1)NC(=O)C(NC(=O)C(c1ccccc1)S(=O)(=O)C(C)(C)C)c1cscn1. The van der Waals surface area contributed by atoms with Crippen LogP contribution in [-0.2, 0) is 29.6 Å². The van der Waals surface area contributed by atoms with Crippen molar-refractivity contribution >= 4 is 43.2 Å². The van der Waals surface area contributed by atoms with Crippen LogP contribution in [0.2, 0.25) is 0 Å². The Morgan fingerprint density at radius 3 is 2.19 bits per heavy atom. The third kappa shape index (κ3) is 9.05. The fourth-order valence-corrected chi connectivity index (χ4v) is 7.80. The number of hydrogen-bond donors (Lipinski definition) is 4. The summed E-state index contributed by atoms with van der Waals surface area (Å²) in [4.78, 5) is 31.8. The Labute approximate surface area is 258 Å². The Bertz CT molecular complexity index is 1420. The van der Waals surface area contributed by atoms with Gasteiger partial charge in [-0.15, -0.1) is 11.3 Å². The van der Waals surface area contributed by atoms with Crippen molar-refractivity contribution in [3.63, 3.8) is 0 Å². The van der Waals surface area contributed by atoms with E-state index in [1.54, 1.807) is 35.7 Å². The van der Waals surface area contributed by atoms with Crippen molar-refractivity contribution in [2.45, 2.75) is 87.6 Å². The van der Waals surface area contributed by atoms with E-state index in [1.807, 2.05) is 0 Å². The van der Waals surface area contributed by atoms with E-state index in [1.165, 1.54) is 51.7 Å². The molecule has 4 N–H and O–H groups in total. The maximum absolute atomic E-state index is 13.8. The molecule has 1 saturated carbocycles. The van der Waals surface area contributed by atoms with Crippen molar-refractivity contribution < 1.29 is 31.5 Å². The minimum absolute atomic E-state index is 0.143. The largest absolute Gasteiger partial charge is 0.375 e. The van der Waals surface area contributed by atoms with E-state index in [9.17, 15) is 31.5 Å². The number of aromatic nitrogens is 1. The number of benzene rings is 1. The lowest BCUT2D eigenvalue weighted by molar-refractivity contribution is -0.130. The van der Waals surface area contributed by atoms with Crippen LogP contribution in [0.1, 0.15) is 81.8 Å². The average Bonchev–Trinajstić information content (AvgIpc) is 3.46. The predicted molar refractivity (Wildman–Crippen MR) is 166 cm³/mol. The Balaban J connectivity index is 1.94. The van der Waals surface area contributed by atoms with Gasteiger partial charge in [-0.2, -0.15) is 17.4 Å². The Hall–Kier alpha value is -2.43. The second-order valence-corrected chi connectivity index (χ2v) is 17.4. The zero-order valence-corrected chi connectivity index (χ0v) is 27.6. The van der Waals surface area contributed by atoms with Gasteiger partial charge >= 0.3 is 0 Å². The number of sulfone groups is 1. The monoisotopic (exact) mass is 657 g/mol. The number of thiazole rings is 1. The minimum Gasteiger partial charge on any atom is -0.375 e. The first-order valence-corrected chi connectivity index (χ1v) is 18.1. The quantitative estimate of drug-likeness (QED) is 0.238. The van der Waals surface area contributed by atoms with Gasteiger partial charge in [0.2, 0.25) is 11.8 Å². The zero-order valence-electron chi connectivity index (χ0n) is 25.2. The van der Waals surface area contributed by atoms with Gasteiger partial charge in [-0.3, -0.25) is 9.59 Å². The molecular weight excluding hydrogens is 615 g/mol. The summed E-state index contributed by atoms with van der Waals surface area (Å²) in [5, 5.41) is 16.3. The average molecular weight is 658 g/mol. The molecule has 2 aromatic rings. The Kier molecular flexibility index (Phi) is 11.9. The third-order valence-electron chi connectivity index (χ3n) is 7.57. The molecule has 1 aliphatic carbocycles. The number of rotatable bonds is 13. The van der Waals surface area contributed by atoms with E-state index in [0.29, 0.717) is 6.42 Å². The number of nitrogens with one attached hydrogen (secondary N) is 3. The van der Waals surface area contributed by atoms with E-state index in [0.717, 1.165) is 36.4 Å². The van der Waals surface area contributed by atoms with Crippen LogP contribution in [0, 0.1) is 5.92 Å². The van der Waals surface area contributed by atoms with Gasteiger partial charge in [0.15, 0.2) is 21.1 Å². The Morgan fingerprint density at radius 1 is 1.02 bits per heavy atom. The fraction of sp³-hybridized carbons (Fsp3) is 0.607. The lowest BCUT2D eigenvalue weighted by atomic mass is 9.84. The maximum atomic E-state index is 13.8. The van der Waals surface area contributed by atoms with Crippen LogP contribution in [0.5, 0.6) is 0 Å². The second-order valence-electron chi connectivity index (χ2n) is 12.0. The zero-order chi connectivity index (χ0) is 32.0. The van der Waals surface area contributed by atoms with Crippen LogP contribution in [0.15, 0.2) is 41.2 Å². The van der Waals surface area contributed by atoms with Crippen LogP contribution < -0.4 is 15.4 Å². The van der Waals surface area contributed by atoms with Crippen LogP contribution in [0.3, 0.4) is 0 Å². The number of hydrogen-bond acceptors (Lipinski definition) is 9. The molecule has 1 aromatic carbocycles. The van der Waals surface area contributed by atoms with Crippen LogP contribution in [-0.4, -0.2) is 74.2 Å². The molecule has 4 atom stereocenters. The van der Waals surface area contributed by atoms with Crippen LogP contribution in [0.4, 0.5) is 0 Å². The molecule has 0 spiro atoms. The second kappa shape index (κ2) is 14.6. The molecule has 0 radical (unpaired) electrons. The fourth-order valence-electron chi connectivity index (χ4n) is 4.96. The molecule has 0 saturated heterocycles. The molecule has 2 amide bonds. The lowest BCUT2D eigenvalue weighted by Crippen LogP contribution is -2.56. The normalized spacial score (nSPS) is 18.0. The molecule has 1 fully saturated rings. The molecule has 43 heavy (non-hydrogen) atoms. The minimum atomic E-state index is -4.10. The van der Waals surface area contributed by atoms with Crippen LogP contribution >= 0.6 is 11.3 Å². The van der Waals surface area contributed by atoms with Gasteiger partial charge in [0, 0.05) is 19.5 Å². The summed E-state index contributed by atoms with van der Waals surface area (Å²) in [5.41, 5.74) is 1.90. The van der Waals surface area contributed by atoms with E-state index in [4.69, 9.17) is 0 Å². The van der Waals surface area contributed by atoms with Gasteiger partial charge in [-0.1, -0.05) is 62.4 Å². The highest BCUT2D eigenvalue weighted by Crippen LogP contribution is 2.33. The highest BCUT2D eigenvalue weighted by molar-refractivity contribution is 7.93. The summed E-state index contributed by atoms with van der Waals surface area (Å²) in [5.74, 6) is -1.53. The Morgan fingerprint density at radius 2 is 1.65 bits per heavy atom. The standard InChI is InChI=1S/C28H43N5O7S3/c1-28(2,3)42(37,38)24(20-14-10-7-11-15-20)27(36)31-23(22-17-41-18-29-22)26(35)30-21(16-19-12-8-6-9-13-19)25(34)32-43(39,40)33(4)5/h7,10-11,14-15,17-19,21,23-25,32,34H,6,8-9,12-13,16H2,1-5H3,(H,30,35)(H,31,36). The summed E-state index contributed by atoms with van der Waals surface area (Å²) in [6, 6.07) is 5.60. The molecule has 3 rings (SSSR count). The number of carbonyl (C=O) groups excluding carboxylic acids is 2. The van der Waals surface area contributed by atoms with Gasteiger partial charge < -0.3 is 15.7 Å². The molecular formula is C28H43N5O7S3. The molecule has 1 aromatic heterocycles. The van der Waals surface area contributed by atoms with Crippen LogP contribution in [0.25, 0.3) is 0 Å². The summed E-state index contributed by atoms with van der Waals surface area (Å²) in [6.45, 7) is 4.51. The van der Waals surface area contributed by atoms with Gasteiger partial charge in [0.25, 0.3) is 10.2 Å². The predicted octanol–water partition coefficient (Wildman–Crippen LogP) is 2.42. The number of amides is 2. The molecule has 1 aliphatic rings. The van der Waals surface area contributed by atoms with Gasteiger partial charge in [-0.05, 0) is 38.7 Å². The smallest absolute Gasteiger partial charge is 0.281 e. The number of aliphatic hydroxyl groups excluding tert-OH is 1. The topological polar surface area (TPSA) is 175 Å². The third-order valence-corrected chi connectivity index (χ3v) is 12.5. The van der Waals surface area contributed by atoms with Crippen molar-refractivity contribution in [1.29, 1.82) is 0 Å². The maximum Gasteiger partial charge on any atom is 0.281 e. The molecule has 0 aliphatic heterocycles. The first kappa shape index (κ1) is 35.1. The molecule has 0 bridgehead atoms. The molecule has 4 unspecified atom stereocenters. The van der Waals surface area contributed by atoms with Gasteiger partial charge in [0.1, 0.15) is 6.23 Å². The van der Waals surface area contributed by atoms with Crippen molar-refractivity contribution in [2.24, 2.45) is 5.92 Å². The van der Waals surface area contributed by atoms with Gasteiger partial charge in [-0.25, -0.2) is 13.4 Å². The van der Waals surface area contributed by atoms with E-state index < -0.39 is 60.2 Å². The number of carbonyl (C=O) groups is 2. The van der Waals surface area contributed by atoms with E-state index in [-0.39, 0.29) is 17.2 Å². The summed E-state index contributed by atoms with van der Waals surface area (Å²) in [6.07, 6.45) is 3.44. The van der Waals surface area contributed by atoms with E-state index in [2.05, 4.69) is 20.3 Å². The van der Waals surface area contributed by atoms with Crippen molar-refractivity contribution in [2.75, 3.05) is 14.1 Å². The summed E-state index contributed by atoms with van der Waals surface area (Å²) >= 11 is 1.18.